The van der Waals surface area contributed by atoms with E-state index in [9.17, 15) is 18.4 Å². The van der Waals surface area contributed by atoms with Crippen LogP contribution in [0.3, 0.4) is 0 Å². The van der Waals surface area contributed by atoms with Gasteiger partial charge in [-0.1, -0.05) is 24.3 Å². The molecule has 1 atom stereocenters. The van der Waals surface area contributed by atoms with Gasteiger partial charge in [-0.25, -0.2) is 13.6 Å². The Labute approximate surface area is 152 Å². The summed E-state index contributed by atoms with van der Waals surface area (Å²) in [5.41, 5.74) is 0.149. The number of benzene rings is 2. The lowest BCUT2D eigenvalue weighted by atomic mass is 10.1. The fraction of sp³-hybridized carbons (Fsp3) is 0.158. The Morgan fingerprint density at radius 1 is 1.15 bits per heavy atom. The number of thiophene rings is 1. The van der Waals surface area contributed by atoms with Crippen molar-refractivity contribution in [2.45, 2.75) is 13.0 Å². The van der Waals surface area contributed by atoms with Gasteiger partial charge in [0, 0.05) is 16.3 Å². The molecule has 7 heteroatoms. The molecule has 26 heavy (non-hydrogen) atoms. The number of esters is 1. The standard InChI is InChI=1S/C19H15F2NO3S/c1-11(14-7-6-13(20)9-15(14)21)22-18(23)10-25-19(24)17-8-12-4-2-3-5-16(12)26-17/h2-9,11H,10H2,1H3,(H,22,23)/t11-/m0/s1. The van der Waals surface area contributed by atoms with Gasteiger partial charge < -0.3 is 10.1 Å². The van der Waals surface area contributed by atoms with E-state index in [0.29, 0.717) is 4.88 Å². The highest BCUT2D eigenvalue weighted by Crippen LogP contribution is 2.25. The van der Waals surface area contributed by atoms with Crippen molar-refractivity contribution in [1.82, 2.24) is 5.32 Å². The van der Waals surface area contributed by atoms with Crippen molar-refractivity contribution in [2.24, 2.45) is 0 Å². The summed E-state index contributed by atoms with van der Waals surface area (Å²) in [6, 6.07) is 11.7. The fourth-order valence-corrected chi connectivity index (χ4v) is 3.45. The minimum absolute atomic E-state index is 0.149. The second kappa shape index (κ2) is 7.61. The summed E-state index contributed by atoms with van der Waals surface area (Å²) in [5.74, 6) is -2.61. The highest BCUT2D eigenvalue weighted by atomic mass is 32.1. The van der Waals surface area contributed by atoms with Crippen molar-refractivity contribution in [3.63, 3.8) is 0 Å². The SMILES string of the molecule is C[C@H](NC(=O)COC(=O)c1cc2ccccc2s1)c1ccc(F)cc1F. The molecule has 0 bridgehead atoms. The molecule has 0 unspecified atom stereocenters. The van der Waals surface area contributed by atoms with E-state index in [1.54, 1.807) is 13.0 Å². The van der Waals surface area contributed by atoms with E-state index in [2.05, 4.69) is 5.32 Å². The number of ether oxygens (including phenoxy) is 1. The van der Waals surface area contributed by atoms with Gasteiger partial charge in [-0.15, -0.1) is 11.3 Å². The number of carbonyl (C=O) groups is 2. The lowest BCUT2D eigenvalue weighted by molar-refractivity contribution is -0.124. The first kappa shape index (κ1) is 18.0. The van der Waals surface area contributed by atoms with Gasteiger partial charge in [0.05, 0.1) is 6.04 Å². The van der Waals surface area contributed by atoms with Gasteiger partial charge in [-0.2, -0.15) is 0 Å². The lowest BCUT2D eigenvalue weighted by Gasteiger charge is -2.15. The summed E-state index contributed by atoms with van der Waals surface area (Å²) in [5, 5.41) is 3.44. The summed E-state index contributed by atoms with van der Waals surface area (Å²) in [4.78, 5) is 24.4. The van der Waals surface area contributed by atoms with Crippen LogP contribution in [0.15, 0.2) is 48.5 Å². The maximum atomic E-state index is 13.7. The number of carbonyl (C=O) groups excluding carboxylic acids is 2. The summed E-state index contributed by atoms with van der Waals surface area (Å²) in [6.07, 6.45) is 0. The molecule has 1 N–H and O–H groups in total. The Balaban J connectivity index is 1.57. The van der Waals surface area contributed by atoms with Crippen molar-refractivity contribution in [3.05, 3.63) is 70.6 Å². The van der Waals surface area contributed by atoms with Gasteiger partial charge in [0.15, 0.2) is 6.61 Å². The first-order valence-electron chi connectivity index (χ1n) is 7.84. The molecule has 1 heterocycles. The Morgan fingerprint density at radius 2 is 1.92 bits per heavy atom. The molecule has 2 aromatic carbocycles. The van der Waals surface area contributed by atoms with Crippen LogP contribution in [0.4, 0.5) is 8.78 Å². The zero-order valence-corrected chi connectivity index (χ0v) is 14.6. The largest absolute Gasteiger partial charge is 0.451 e. The van der Waals surface area contributed by atoms with Crippen LogP contribution in [-0.4, -0.2) is 18.5 Å². The normalized spacial score (nSPS) is 12.0. The monoisotopic (exact) mass is 375 g/mol. The molecule has 3 aromatic rings. The van der Waals surface area contributed by atoms with Crippen LogP contribution in [0, 0.1) is 11.6 Å². The molecule has 0 aliphatic heterocycles. The van der Waals surface area contributed by atoms with E-state index in [1.807, 2.05) is 24.3 Å². The van der Waals surface area contributed by atoms with Crippen molar-refractivity contribution in [2.75, 3.05) is 6.61 Å². The average Bonchev–Trinajstić information content (AvgIpc) is 3.03. The molecule has 0 saturated heterocycles. The average molecular weight is 375 g/mol. The first-order valence-corrected chi connectivity index (χ1v) is 8.65. The quantitative estimate of drug-likeness (QED) is 0.680. The Morgan fingerprint density at radius 3 is 2.65 bits per heavy atom. The van der Waals surface area contributed by atoms with Crippen molar-refractivity contribution >= 4 is 33.3 Å². The van der Waals surface area contributed by atoms with Crippen LogP contribution in [0.2, 0.25) is 0 Å². The number of nitrogens with one attached hydrogen (secondary N) is 1. The number of fused-ring (bicyclic) bond motifs is 1. The van der Waals surface area contributed by atoms with Gasteiger partial charge in [0.1, 0.15) is 16.5 Å². The molecule has 1 amide bonds. The summed E-state index contributed by atoms with van der Waals surface area (Å²) in [6.45, 7) is 1.07. The van der Waals surface area contributed by atoms with Crippen molar-refractivity contribution in [3.8, 4) is 0 Å². The third-order valence-electron chi connectivity index (χ3n) is 3.77. The third-order valence-corrected chi connectivity index (χ3v) is 4.86. The predicted octanol–water partition coefficient (Wildman–Crippen LogP) is 4.21. The second-order valence-electron chi connectivity index (χ2n) is 5.68. The smallest absolute Gasteiger partial charge is 0.348 e. The van der Waals surface area contributed by atoms with Gasteiger partial charge in [0.25, 0.3) is 5.91 Å². The molecular weight excluding hydrogens is 360 g/mol. The molecule has 0 aliphatic rings. The molecule has 1 aromatic heterocycles. The number of hydrogen-bond acceptors (Lipinski definition) is 4. The minimum Gasteiger partial charge on any atom is -0.451 e. The van der Waals surface area contributed by atoms with E-state index in [4.69, 9.17) is 4.74 Å². The molecule has 0 aliphatic carbocycles. The highest BCUT2D eigenvalue weighted by molar-refractivity contribution is 7.20. The van der Waals surface area contributed by atoms with Gasteiger partial charge in [-0.05, 0) is 30.5 Å². The molecule has 0 spiro atoms. The van der Waals surface area contributed by atoms with Crippen LogP contribution in [0.5, 0.6) is 0 Å². The third kappa shape index (κ3) is 4.05. The van der Waals surface area contributed by atoms with Gasteiger partial charge in [0.2, 0.25) is 0 Å². The van der Waals surface area contributed by atoms with E-state index < -0.39 is 36.2 Å². The summed E-state index contributed by atoms with van der Waals surface area (Å²) < 4.78 is 32.6. The summed E-state index contributed by atoms with van der Waals surface area (Å²) >= 11 is 1.28. The number of hydrogen-bond donors (Lipinski definition) is 1. The molecular formula is C19H15F2NO3S. The van der Waals surface area contributed by atoms with E-state index in [0.717, 1.165) is 22.2 Å². The van der Waals surface area contributed by atoms with Crippen molar-refractivity contribution < 1.29 is 23.1 Å². The molecule has 0 fully saturated rings. The van der Waals surface area contributed by atoms with Crippen LogP contribution < -0.4 is 5.32 Å². The van der Waals surface area contributed by atoms with E-state index in [-0.39, 0.29) is 5.56 Å². The molecule has 4 nitrogen and oxygen atoms in total. The second-order valence-corrected chi connectivity index (χ2v) is 6.76. The van der Waals surface area contributed by atoms with E-state index in [1.165, 1.54) is 17.4 Å². The fourth-order valence-electron chi connectivity index (χ4n) is 2.50. The zero-order chi connectivity index (χ0) is 18.7. The Hall–Kier alpha value is -2.80. The minimum atomic E-state index is -0.750. The van der Waals surface area contributed by atoms with Crippen LogP contribution in [0.25, 0.3) is 10.1 Å². The number of halogens is 2. The van der Waals surface area contributed by atoms with Crippen molar-refractivity contribution in [1.29, 1.82) is 0 Å². The molecule has 0 saturated carbocycles. The Kier molecular flexibility index (Phi) is 5.27. The van der Waals surface area contributed by atoms with Gasteiger partial charge >= 0.3 is 5.97 Å². The first-order chi connectivity index (χ1) is 12.4. The van der Waals surface area contributed by atoms with Crippen LogP contribution in [-0.2, 0) is 9.53 Å². The van der Waals surface area contributed by atoms with Crippen LogP contribution in [0.1, 0.15) is 28.2 Å². The van der Waals surface area contributed by atoms with Crippen LogP contribution >= 0.6 is 11.3 Å². The summed E-state index contributed by atoms with van der Waals surface area (Å²) in [7, 11) is 0. The number of rotatable bonds is 5. The Bertz CT molecular complexity index is 937. The maximum absolute atomic E-state index is 13.7. The molecule has 134 valence electrons. The highest BCUT2D eigenvalue weighted by Gasteiger charge is 2.17. The number of amides is 1. The maximum Gasteiger partial charge on any atom is 0.348 e. The molecule has 3 rings (SSSR count). The topological polar surface area (TPSA) is 55.4 Å². The molecule has 0 radical (unpaired) electrons. The van der Waals surface area contributed by atoms with Gasteiger partial charge in [-0.3, -0.25) is 4.79 Å². The lowest BCUT2D eigenvalue weighted by Crippen LogP contribution is -2.31. The van der Waals surface area contributed by atoms with E-state index >= 15 is 0 Å². The predicted molar refractivity (Wildman–Crippen MR) is 95.0 cm³/mol. The zero-order valence-electron chi connectivity index (χ0n) is 13.8.